The summed E-state index contributed by atoms with van der Waals surface area (Å²) in [6.07, 6.45) is 3.07. The first-order valence-corrected chi connectivity index (χ1v) is 11.5. The van der Waals surface area contributed by atoms with Crippen molar-refractivity contribution >= 4 is 21.8 Å². The molecule has 2 fully saturated rings. The summed E-state index contributed by atoms with van der Waals surface area (Å²) in [4.78, 5) is 1.41. The molecule has 9 heteroatoms. The fraction of sp³-hybridized carbons (Fsp3) is 0.647. The minimum atomic E-state index is -4.24. The molecular formula is C17H24F2N2O3S2. The van der Waals surface area contributed by atoms with E-state index in [-0.39, 0.29) is 25.0 Å². The van der Waals surface area contributed by atoms with Gasteiger partial charge >= 0.3 is 0 Å². The van der Waals surface area contributed by atoms with Gasteiger partial charge in [-0.15, -0.1) is 0 Å². The normalized spacial score (nSPS) is 25.2. The Balaban J connectivity index is 1.85. The molecule has 2 heterocycles. The van der Waals surface area contributed by atoms with Crippen LogP contribution >= 0.6 is 11.8 Å². The predicted molar refractivity (Wildman–Crippen MR) is 97.8 cm³/mol. The van der Waals surface area contributed by atoms with Gasteiger partial charge in [-0.3, -0.25) is 4.90 Å². The molecule has 146 valence electrons. The summed E-state index contributed by atoms with van der Waals surface area (Å²) in [5, 5.41) is 0. The number of hydrogen-bond acceptors (Lipinski definition) is 5. The third kappa shape index (κ3) is 4.22. The number of thioether (sulfide) groups is 1. The van der Waals surface area contributed by atoms with Crippen LogP contribution in [0, 0.1) is 17.6 Å². The van der Waals surface area contributed by atoms with E-state index in [0.717, 1.165) is 37.4 Å². The largest absolute Gasteiger partial charge is 0.379 e. The van der Waals surface area contributed by atoms with E-state index in [9.17, 15) is 17.2 Å². The number of benzene rings is 1. The number of hydrogen-bond donors (Lipinski definition) is 0. The monoisotopic (exact) mass is 406 g/mol. The Morgan fingerprint density at radius 3 is 2.62 bits per heavy atom. The van der Waals surface area contributed by atoms with Gasteiger partial charge in [-0.05, 0) is 37.1 Å². The molecule has 0 N–H and O–H groups in total. The van der Waals surface area contributed by atoms with Crippen molar-refractivity contribution in [3.05, 3.63) is 29.8 Å². The molecule has 1 aromatic carbocycles. The Labute approximate surface area is 157 Å². The Bertz CT molecular complexity index is 712. The van der Waals surface area contributed by atoms with E-state index in [1.54, 1.807) is 11.8 Å². The van der Waals surface area contributed by atoms with Crippen LogP contribution in [-0.4, -0.2) is 75.1 Å². The van der Waals surface area contributed by atoms with Crippen molar-refractivity contribution in [3.63, 3.8) is 0 Å². The Morgan fingerprint density at radius 1 is 1.19 bits per heavy atom. The molecule has 2 aliphatic heterocycles. The lowest BCUT2D eigenvalue weighted by atomic mass is 10.1. The van der Waals surface area contributed by atoms with E-state index in [1.165, 1.54) is 10.4 Å². The van der Waals surface area contributed by atoms with Gasteiger partial charge in [0.05, 0.1) is 13.2 Å². The average molecular weight is 407 g/mol. The Hall–Kier alpha value is -0.740. The van der Waals surface area contributed by atoms with E-state index in [4.69, 9.17) is 4.74 Å². The van der Waals surface area contributed by atoms with Gasteiger partial charge in [0.1, 0.15) is 11.6 Å². The molecule has 2 atom stereocenters. The molecule has 0 unspecified atom stereocenters. The number of ether oxygens (including phenoxy) is 1. The highest BCUT2D eigenvalue weighted by Crippen LogP contribution is 2.28. The van der Waals surface area contributed by atoms with Crippen LogP contribution in [0.5, 0.6) is 0 Å². The molecule has 0 spiro atoms. The van der Waals surface area contributed by atoms with Crippen LogP contribution in [0.1, 0.15) is 6.42 Å². The van der Waals surface area contributed by atoms with Crippen molar-refractivity contribution in [2.75, 3.05) is 51.4 Å². The SMILES string of the molecule is CSCCCN1C[C@H]2COC[C@@H]1CN(S(=O)(=O)c1c(F)cccc1F)C2. The van der Waals surface area contributed by atoms with E-state index < -0.39 is 26.6 Å². The second kappa shape index (κ2) is 8.52. The predicted octanol–water partition coefficient (Wildman–Crippen LogP) is 2.04. The second-order valence-electron chi connectivity index (χ2n) is 6.77. The van der Waals surface area contributed by atoms with Crippen molar-refractivity contribution in [2.45, 2.75) is 17.4 Å². The molecule has 5 nitrogen and oxygen atoms in total. The van der Waals surface area contributed by atoms with Gasteiger partial charge in [0.2, 0.25) is 10.0 Å². The Morgan fingerprint density at radius 2 is 1.92 bits per heavy atom. The number of rotatable bonds is 6. The van der Waals surface area contributed by atoms with Gasteiger partial charge < -0.3 is 4.74 Å². The van der Waals surface area contributed by atoms with Crippen molar-refractivity contribution in [1.82, 2.24) is 9.21 Å². The number of halogens is 2. The summed E-state index contributed by atoms with van der Waals surface area (Å²) < 4.78 is 61.0. The first-order chi connectivity index (χ1) is 12.4. The lowest BCUT2D eigenvalue weighted by Crippen LogP contribution is -2.46. The highest BCUT2D eigenvalue weighted by atomic mass is 32.2. The van der Waals surface area contributed by atoms with Crippen molar-refractivity contribution in [2.24, 2.45) is 5.92 Å². The van der Waals surface area contributed by atoms with Crippen LogP contribution in [0.4, 0.5) is 8.78 Å². The highest BCUT2D eigenvalue weighted by molar-refractivity contribution is 7.98. The van der Waals surface area contributed by atoms with Crippen LogP contribution in [0.3, 0.4) is 0 Å². The maximum absolute atomic E-state index is 14.1. The molecular weight excluding hydrogens is 382 g/mol. The lowest BCUT2D eigenvalue weighted by Gasteiger charge is -2.30. The molecule has 0 amide bonds. The van der Waals surface area contributed by atoms with Crippen molar-refractivity contribution in [1.29, 1.82) is 0 Å². The quantitative estimate of drug-likeness (QED) is 0.677. The standard InChI is InChI=1S/C17H24F2N2O3S2/c1-25-7-3-6-20-8-13-9-21(10-14(20)12-24-11-13)26(22,23)17-15(18)4-2-5-16(17)19/h2,4-5,13-14H,3,6-12H2,1H3/t13-,14+/m1/s1. The molecule has 0 aliphatic carbocycles. The van der Waals surface area contributed by atoms with Gasteiger partial charge in [0, 0.05) is 31.6 Å². The zero-order valence-electron chi connectivity index (χ0n) is 14.7. The summed E-state index contributed by atoms with van der Waals surface area (Å²) in [7, 11) is -4.24. The molecule has 2 aliphatic rings. The molecule has 3 rings (SSSR count). The summed E-state index contributed by atoms with van der Waals surface area (Å²) >= 11 is 1.78. The van der Waals surface area contributed by atoms with Crippen LogP contribution in [0.2, 0.25) is 0 Å². The van der Waals surface area contributed by atoms with Gasteiger partial charge in [-0.25, -0.2) is 17.2 Å². The van der Waals surface area contributed by atoms with Gasteiger partial charge in [0.15, 0.2) is 4.90 Å². The van der Waals surface area contributed by atoms with Crippen molar-refractivity contribution < 1.29 is 21.9 Å². The molecule has 0 radical (unpaired) electrons. The maximum atomic E-state index is 14.1. The van der Waals surface area contributed by atoms with Gasteiger partial charge in [-0.1, -0.05) is 6.07 Å². The fourth-order valence-electron chi connectivity index (χ4n) is 3.63. The van der Waals surface area contributed by atoms with E-state index >= 15 is 0 Å². The number of sulfonamides is 1. The third-order valence-electron chi connectivity index (χ3n) is 4.86. The van der Waals surface area contributed by atoms with Crippen molar-refractivity contribution in [3.8, 4) is 0 Å². The third-order valence-corrected chi connectivity index (χ3v) is 7.44. The summed E-state index contributed by atoms with van der Waals surface area (Å²) in [5.74, 6) is -1.07. The summed E-state index contributed by atoms with van der Waals surface area (Å²) in [5.41, 5.74) is 0. The minimum absolute atomic E-state index is 0.0126. The Kier molecular flexibility index (Phi) is 6.55. The highest BCUT2D eigenvalue weighted by Gasteiger charge is 2.40. The van der Waals surface area contributed by atoms with Gasteiger partial charge in [-0.2, -0.15) is 16.1 Å². The zero-order chi connectivity index (χ0) is 18.7. The van der Waals surface area contributed by atoms with Crippen LogP contribution in [0.25, 0.3) is 0 Å². The second-order valence-corrected chi connectivity index (χ2v) is 9.63. The van der Waals surface area contributed by atoms with Gasteiger partial charge in [0.25, 0.3) is 0 Å². The molecule has 26 heavy (non-hydrogen) atoms. The molecule has 2 saturated heterocycles. The smallest absolute Gasteiger partial charge is 0.248 e. The number of nitrogens with zero attached hydrogens (tertiary/aromatic N) is 2. The van der Waals surface area contributed by atoms with Crippen LogP contribution in [-0.2, 0) is 14.8 Å². The topological polar surface area (TPSA) is 49.9 Å². The zero-order valence-corrected chi connectivity index (χ0v) is 16.4. The molecule has 1 aromatic rings. The van der Waals surface area contributed by atoms with E-state index in [2.05, 4.69) is 11.2 Å². The first kappa shape index (κ1) is 20.0. The maximum Gasteiger partial charge on any atom is 0.248 e. The fourth-order valence-corrected chi connectivity index (χ4v) is 5.71. The number of fused-ring (bicyclic) bond motifs is 3. The molecule has 0 saturated carbocycles. The average Bonchev–Trinajstić information content (AvgIpc) is 2.85. The van der Waals surface area contributed by atoms with E-state index in [1.807, 2.05) is 0 Å². The minimum Gasteiger partial charge on any atom is -0.379 e. The molecule has 2 bridgehead atoms. The summed E-state index contributed by atoms with van der Waals surface area (Å²) in [6.45, 7) is 2.90. The van der Waals surface area contributed by atoms with Crippen LogP contribution < -0.4 is 0 Å². The first-order valence-electron chi connectivity index (χ1n) is 8.68. The van der Waals surface area contributed by atoms with Crippen LogP contribution in [0.15, 0.2) is 23.1 Å². The lowest BCUT2D eigenvalue weighted by molar-refractivity contribution is 0.0688. The molecule has 0 aromatic heterocycles. The summed E-state index contributed by atoms with van der Waals surface area (Å²) in [6, 6.07) is 3.02. The van der Waals surface area contributed by atoms with E-state index in [0.29, 0.717) is 13.2 Å².